The minimum Gasteiger partial charge on any atom is -0.462 e. The quantitative estimate of drug-likeness (QED) is 0.740. The normalized spacial score (nSPS) is 16.7. The summed E-state index contributed by atoms with van der Waals surface area (Å²) in [6.07, 6.45) is 4.76. The smallest absolute Gasteiger partial charge is 0.261 e. The molecule has 0 radical (unpaired) electrons. The van der Waals surface area contributed by atoms with Gasteiger partial charge in [-0.15, -0.1) is 11.7 Å². The number of amides is 1. The Balaban J connectivity index is 1.54. The maximum absolute atomic E-state index is 12.5. The van der Waals surface area contributed by atoms with Gasteiger partial charge >= 0.3 is 0 Å². The van der Waals surface area contributed by atoms with Crippen molar-refractivity contribution in [2.24, 2.45) is 0 Å². The molecule has 6 nitrogen and oxygen atoms in total. The fourth-order valence-electron chi connectivity index (χ4n) is 3.11. The van der Waals surface area contributed by atoms with E-state index in [-0.39, 0.29) is 17.8 Å². The van der Waals surface area contributed by atoms with E-state index in [1.807, 2.05) is 36.4 Å². The van der Waals surface area contributed by atoms with E-state index in [4.69, 9.17) is 16.3 Å². The van der Waals surface area contributed by atoms with Gasteiger partial charge in [-0.25, -0.2) is 4.68 Å². The summed E-state index contributed by atoms with van der Waals surface area (Å²) in [5, 5.41) is 7.78. The molecule has 1 atom stereocenters. The summed E-state index contributed by atoms with van der Waals surface area (Å²) in [6.45, 7) is 8.28. The van der Waals surface area contributed by atoms with E-state index in [1.165, 1.54) is 0 Å². The topological polar surface area (TPSA) is 59.4 Å². The number of carbonyl (C=O) groups is 1. The zero-order valence-corrected chi connectivity index (χ0v) is 16.2. The first-order valence-electron chi connectivity index (χ1n) is 9.17. The highest BCUT2D eigenvalue weighted by Gasteiger charge is 2.24. The van der Waals surface area contributed by atoms with Crippen LogP contribution >= 0.6 is 11.6 Å². The van der Waals surface area contributed by atoms with Crippen LogP contribution in [0.3, 0.4) is 0 Å². The van der Waals surface area contributed by atoms with Gasteiger partial charge in [0.25, 0.3) is 11.8 Å². The van der Waals surface area contributed by atoms with E-state index >= 15 is 0 Å². The summed E-state index contributed by atoms with van der Waals surface area (Å²) >= 11 is 6.23. The Morgan fingerprint density at radius 1 is 1.41 bits per heavy atom. The standard InChI is InChI=1S/C20H25ClN4O2/c1-3-11-24-12-9-16(10-13-24)22-19(26)15(2)27-20-18(21)14-25(23-20)17-7-5-4-6-8-17/h3-8,14-16H,1,9-13H2,2H3,(H,22,26)/t15-/m0/s1. The highest BCUT2D eigenvalue weighted by Crippen LogP contribution is 2.25. The molecule has 2 heterocycles. The summed E-state index contributed by atoms with van der Waals surface area (Å²) in [5.74, 6) is 0.103. The van der Waals surface area contributed by atoms with Gasteiger partial charge in [0, 0.05) is 25.7 Å². The molecule has 1 N–H and O–H groups in total. The molecular weight excluding hydrogens is 364 g/mol. The number of likely N-dealkylation sites (tertiary alicyclic amines) is 1. The maximum atomic E-state index is 12.5. The molecular formula is C20H25ClN4O2. The molecule has 2 aromatic rings. The fraction of sp³-hybridized carbons (Fsp3) is 0.400. The van der Waals surface area contributed by atoms with Crippen molar-refractivity contribution in [3.05, 3.63) is 54.2 Å². The van der Waals surface area contributed by atoms with Crippen molar-refractivity contribution in [1.82, 2.24) is 20.0 Å². The Morgan fingerprint density at radius 3 is 2.78 bits per heavy atom. The number of para-hydroxylation sites is 1. The number of benzene rings is 1. The lowest BCUT2D eigenvalue weighted by molar-refractivity contribution is -0.128. The molecule has 3 rings (SSSR count). The van der Waals surface area contributed by atoms with Crippen LogP contribution in [0.2, 0.25) is 5.02 Å². The molecule has 27 heavy (non-hydrogen) atoms. The van der Waals surface area contributed by atoms with Gasteiger partial charge in [-0.1, -0.05) is 35.9 Å². The number of carbonyl (C=O) groups excluding carboxylic acids is 1. The number of rotatable bonds is 7. The van der Waals surface area contributed by atoms with Crippen LogP contribution in [0.15, 0.2) is 49.2 Å². The first-order chi connectivity index (χ1) is 13.1. The Bertz CT molecular complexity index is 770. The number of ether oxygens (including phenoxy) is 1. The second-order valence-corrected chi connectivity index (χ2v) is 7.10. The van der Waals surface area contributed by atoms with Crippen molar-refractivity contribution < 1.29 is 9.53 Å². The number of aromatic nitrogens is 2. The number of nitrogens with zero attached hydrogens (tertiary/aromatic N) is 3. The predicted molar refractivity (Wildman–Crippen MR) is 106 cm³/mol. The average Bonchev–Trinajstić information content (AvgIpc) is 3.04. The third-order valence-corrected chi connectivity index (χ3v) is 4.90. The third-order valence-electron chi connectivity index (χ3n) is 4.64. The number of hydrogen-bond donors (Lipinski definition) is 1. The molecule has 1 aliphatic heterocycles. The summed E-state index contributed by atoms with van der Waals surface area (Å²) in [7, 11) is 0. The van der Waals surface area contributed by atoms with Crippen LogP contribution in [0, 0.1) is 0 Å². The molecule has 0 bridgehead atoms. The van der Waals surface area contributed by atoms with Crippen LogP contribution in [0.25, 0.3) is 5.69 Å². The summed E-state index contributed by atoms with van der Waals surface area (Å²) in [4.78, 5) is 14.8. The fourth-order valence-corrected chi connectivity index (χ4v) is 3.29. The van der Waals surface area contributed by atoms with Crippen LogP contribution in [0.1, 0.15) is 19.8 Å². The zero-order chi connectivity index (χ0) is 19.2. The lowest BCUT2D eigenvalue weighted by Crippen LogP contribution is -2.48. The summed E-state index contributed by atoms with van der Waals surface area (Å²) in [5.41, 5.74) is 0.873. The highest BCUT2D eigenvalue weighted by molar-refractivity contribution is 6.31. The lowest BCUT2D eigenvalue weighted by Gasteiger charge is -2.32. The van der Waals surface area contributed by atoms with E-state index in [1.54, 1.807) is 17.8 Å². The number of halogens is 1. The van der Waals surface area contributed by atoms with Crippen LogP contribution in [-0.4, -0.2) is 52.4 Å². The molecule has 1 aromatic heterocycles. The number of nitrogens with one attached hydrogen (secondary N) is 1. The number of piperidine rings is 1. The van der Waals surface area contributed by atoms with Crippen molar-refractivity contribution in [1.29, 1.82) is 0 Å². The van der Waals surface area contributed by atoms with Crippen molar-refractivity contribution in [3.63, 3.8) is 0 Å². The largest absolute Gasteiger partial charge is 0.462 e. The van der Waals surface area contributed by atoms with Gasteiger partial charge in [-0.2, -0.15) is 0 Å². The van der Waals surface area contributed by atoms with E-state index in [2.05, 4.69) is 21.9 Å². The summed E-state index contributed by atoms with van der Waals surface area (Å²) in [6, 6.07) is 9.77. The van der Waals surface area contributed by atoms with E-state index < -0.39 is 6.10 Å². The Hall–Kier alpha value is -2.31. The molecule has 0 spiro atoms. The molecule has 0 unspecified atom stereocenters. The molecule has 0 saturated carbocycles. The molecule has 1 aliphatic rings. The van der Waals surface area contributed by atoms with Crippen molar-refractivity contribution >= 4 is 17.5 Å². The van der Waals surface area contributed by atoms with Gasteiger partial charge < -0.3 is 10.1 Å². The molecule has 1 amide bonds. The van der Waals surface area contributed by atoms with Crippen LogP contribution in [0.4, 0.5) is 0 Å². The highest BCUT2D eigenvalue weighted by atomic mass is 35.5. The minimum absolute atomic E-state index is 0.150. The zero-order valence-electron chi connectivity index (χ0n) is 15.5. The van der Waals surface area contributed by atoms with Gasteiger partial charge in [-0.3, -0.25) is 9.69 Å². The summed E-state index contributed by atoms with van der Waals surface area (Å²) < 4.78 is 7.35. The van der Waals surface area contributed by atoms with Gasteiger partial charge in [0.1, 0.15) is 5.02 Å². The molecule has 144 valence electrons. The van der Waals surface area contributed by atoms with Crippen molar-refractivity contribution in [3.8, 4) is 11.6 Å². The van der Waals surface area contributed by atoms with Crippen molar-refractivity contribution in [2.75, 3.05) is 19.6 Å². The molecule has 1 aromatic carbocycles. The molecule has 7 heteroatoms. The average molecular weight is 389 g/mol. The monoisotopic (exact) mass is 388 g/mol. The van der Waals surface area contributed by atoms with E-state index in [9.17, 15) is 4.79 Å². The SMILES string of the molecule is C=CCN1CCC(NC(=O)[C@H](C)Oc2nn(-c3ccccc3)cc2Cl)CC1. The molecule has 1 saturated heterocycles. The second-order valence-electron chi connectivity index (χ2n) is 6.69. The van der Waals surface area contributed by atoms with Gasteiger partial charge in [0.05, 0.1) is 11.9 Å². The second kappa shape index (κ2) is 9.06. The predicted octanol–water partition coefficient (Wildman–Crippen LogP) is 3.06. The van der Waals surface area contributed by atoms with Crippen LogP contribution in [0.5, 0.6) is 5.88 Å². The Kier molecular flexibility index (Phi) is 6.53. The number of hydrogen-bond acceptors (Lipinski definition) is 4. The molecule has 1 fully saturated rings. The minimum atomic E-state index is -0.673. The van der Waals surface area contributed by atoms with Crippen LogP contribution < -0.4 is 10.1 Å². The lowest BCUT2D eigenvalue weighted by atomic mass is 10.0. The van der Waals surface area contributed by atoms with Gasteiger partial charge in [0.2, 0.25) is 0 Å². The Labute approximate surface area is 164 Å². The van der Waals surface area contributed by atoms with Crippen molar-refractivity contribution in [2.45, 2.75) is 31.9 Å². The van der Waals surface area contributed by atoms with E-state index in [0.717, 1.165) is 38.2 Å². The van der Waals surface area contributed by atoms with E-state index in [0.29, 0.717) is 5.02 Å². The first-order valence-corrected chi connectivity index (χ1v) is 9.55. The first kappa shape index (κ1) is 19.5. The maximum Gasteiger partial charge on any atom is 0.261 e. The van der Waals surface area contributed by atoms with Crippen LogP contribution in [-0.2, 0) is 4.79 Å². The third kappa shape index (κ3) is 5.11. The Morgan fingerprint density at radius 2 is 2.11 bits per heavy atom. The van der Waals surface area contributed by atoms with Gasteiger partial charge in [-0.05, 0) is 31.9 Å². The molecule has 0 aliphatic carbocycles. The van der Waals surface area contributed by atoms with Gasteiger partial charge in [0.15, 0.2) is 6.10 Å².